The molecule has 0 unspecified atom stereocenters. The van der Waals surface area contributed by atoms with E-state index in [9.17, 15) is 9.90 Å². The van der Waals surface area contributed by atoms with Crippen LogP contribution in [0.1, 0.15) is 0 Å². The second-order valence-electron chi connectivity index (χ2n) is 3.97. The van der Waals surface area contributed by atoms with Gasteiger partial charge in [0.1, 0.15) is 0 Å². The summed E-state index contributed by atoms with van der Waals surface area (Å²) in [5.41, 5.74) is 0.576. The lowest BCUT2D eigenvalue weighted by Crippen LogP contribution is -2.04. The molecule has 0 amide bonds. The van der Waals surface area contributed by atoms with E-state index in [1.807, 2.05) is 12.1 Å². The fourth-order valence-electron chi connectivity index (χ4n) is 1.81. The molecule has 4 nitrogen and oxygen atoms in total. The number of hydrogen-bond donors (Lipinski definition) is 1. The lowest BCUT2D eigenvalue weighted by atomic mass is 10.1. The van der Waals surface area contributed by atoms with E-state index in [4.69, 9.17) is 4.42 Å². The molecule has 0 aliphatic rings. The molecule has 2 heterocycles. The molecule has 0 bridgehead atoms. The molecule has 0 aliphatic heterocycles. The summed E-state index contributed by atoms with van der Waals surface area (Å²) < 4.78 is 6.47. The number of hydrogen-bond acceptors (Lipinski definition) is 4. The molecule has 2 aromatic heterocycles. The van der Waals surface area contributed by atoms with Crippen molar-refractivity contribution >= 4 is 27.0 Å². The second-order valence-corrected chi connectivity index (χ2v) is 4.88. The molecule has 0 spiro atoms. The minimum Gasteiger partial charge on any atom is -0.501 e. The Morgan fingerprint density at radius 2 is 1.89 bits per heavy atom. The first-order valence-corrected chi connectivity index (χ1v) is 6.33. The molecular weight excluding hydrogens is 310 g/mol. The van der Waals surface area contributed by atoms with Crippen molar-refractivity contribution in [1.82, 2.24) is 4.98 Å². The molecule has 0 radical (unpaired) electrons. The number of benzene rings is 1. The zero-order valence-electron chi connectivity index (χ0n) is 9.63. The van der Waals surface area contributed by atoms with Crippen molar-refractivity contribution in [2.75, 3.05) is 0 Å². The summed E-state index contributed by atoms with van der Waals surface area (Å²) >= 11 is 3.33. The van der Waals surface area contributed by atoms with Crippen LogP contribution in [0.4, 0.5) is 0 Å². The molecule has 3 aromatic rings. The van der Waals surface area contributed by atoms with Crippen LogP contribution in [0.15, 0.2) is 56.3 Å². The first kappa shape index (κ1) is 11.9. The molecule has 1 aromatic carbocycles. The highest BCUT2D eigenvalue weighted by Gasteiger charge is 2.15. The van der Waals surface area contributed by atoms with Gasteiger partial charge in [-0.05, 0) is 36.4 Å². The van der Waals surface area contributed by atoms with Crippen molar-refractivity contribution in [3.05, 3.63) is 57.3 Å². The Bertz CT molecular complexity index is 809. The van der Waals surface area contributed by atoms with Gasteiger partial charge in [-0.2, -0.15) is 0 Å². The molecule has 0 fully saturated rings. The summed E-state index contributed by atoms with van der Waals surface area (Å²) in [4.78, 5) is 15.9. The Morgan fingerprint density at radius 3 is 2.63 bits per heavy atom. The van der Waals surface area contributed by atoms with Gasteiger partial charge in [0.25, 0.3) is 5.43 Å². The van der Waals surface area contributed by atoms with Crippen LogP contribution in [0.25, 0.3) is 22.4 Å². The minimum absolute atomic E-state index is 0.126. The number of rotatable bonds is 1. The normalized spacial score (nSPS) is 10.8. The van der Waals surface area contributed by atoms with E-state index in [2.05, 4.69) is 20.9 Å². The van der Waals surface area contributed by atoms with E-state index in [0.29, 0.717) is 11.1 Å². The van der Waals surface area contributed by atoms with Gasteiger partial charge in [0.15, 0.2) is 16.9 Å². The molecule has 94 valence electrons. The maximum Gasteiger partial charge on any atom is 0.253 e. The molecule has 19 heavy (non-hydrogen) atoms. The van der Waals surface area contributed by atoms with Gasteiger partial charge >= 0.3 is 0 Å². The van der Waals surface area contributed by atoms with Gasteiger partial charge in [-0.1, -0.05) is 15.9 Å². The maximum atomic E-state index is 12.0. The fraction of sp³-hybridized carbons (Fsp3) is 0. The molecule has 0 saturated carbocycles. The third-order valence-electron chi connectivity index (χ3n) is 2.73. The van der Waals surface area contributed by atoms with Crippen LogP contribution in [-0.2, 0) is 0 Å². The second kappa shape index (κ2) is 4.51. The van der Waals surface area contributed by atoms with Crippen molar-refractivity contribution in [3.8, 4) is 17.1 Å². The summed E-state index contributed by atoms with van der Waals surface area (Å²) in [6.07, 6.45) is 1.48. The summed E-state index contributed by atoms with van der Waals surface area (Å²) in [5, 5.41) is 9.96. The third-order valence-corrected chi connectivity index (χ3v) is 3.26. The Kier molecular flexibility index (Phi) is 2.83. The van der Waals surface area contributed by atoms with Crippen LogP contribution in [0.5, 0.6) is 5.75 Å². The third kappa shape index (κ3) is 2.02. The molecule has 0 atom stereocenters. The first-order chi connectivity index (χ1) is 9.16. The van der Waals surface area contributed by atoms with Crippen LogP contribution in [-0.4, -0.2) is 10.1 Å². The van der Waals surface area contributed by atoms with Gasteiger partial charge < -0.3 is 9.52 Å². The SMILES string of the molecule is O=c1c(O)c(-c2ccc(Br)cc2)oc2cccnc12. The highest BCUT2D eigenvalue weighted by Crippen LogP contribution is 2.29. The van der Waals surface area contributed by atoms with Crippen molar-refractivity contribution in [2.24, 2.45) is 0 Å². The van der Waals surface area contributed by atoms with E-state index in [1.54, 1.807) is 24.3 Å². The van der Waals surface area contributed by atoms with Crippen LogP contribution >= 0.6 is 15.9 Å². The standard InChI is InChI=1S/C14H8BrNO3/c15-9-5-3-8(4-6-9)14-13(18)12(17)11-10(19-14)2-1-7-16-11/h1-7,18H. The summed E-state index contributed by atoms with van der Waals surface area (Å²) in [5.74, 6) is -0.272. The molecule has 5 heteroatoms. The summed E-state index contributed by atoms with van der Waals surface area (Å²) in [6, 6.07) is 10.4. The zero-order valence-corrected chi connectivity index (χ0v) is 11.2. The van der Waals surface area contributed by atoms with Gasteiger partial charge in [0.2, 0.25) is 5.75 Å². The van der Waals surface area contributed by atoms with Crippen LogP contribution in [0, 0.1) is 0 Å². The number of aromatic nitrogens is 1. The zero-order chi connectivity index (χ0) is 13.4. The van der Waals surface area contributed by atoms with Gasteiger partial charge in [-0.15, -0.1) is 0 Å². The van der Waals surface area contributed by atoms with Crippen molar-refractivity contribution in [2.45, 2.75) is 0 Å². The van der Waals surface area contributed by atoms with E-state index in [1.165, 1.54) is 6.20 Å². The summed E-state index contributed by atoms with van der Waals surface area (Å²) in [6.45, 7) is 0. The number of fused-ring (bicyclic) bond motifs is 1. The number of pyridine rings is 1. The average molecular weight is 318 g/mol. The lowest BCUT2D eigenvalue weighted by molar-refractivity contribution is 0.448. The Morgan fingerprint density at radius 1 is 1.16 bits per heavy atom. The number of nitrogens with zero attached hydrogens (tertiary/aromatic N) is 1. The maximum absolute atomic E-state index is 12.0. The topological polar surface area (TPSA) is 63.3 Å². The molecule has 0 saturated heterocycles. The van der Waals surface area contributed by atoms with E-state index in [-0.39, 0.29) is 11.3 Å². The fourth-order valence-corrected chi connectivity index (χ4v) is 2.08. The monoisotopic (exact) mass is 317 g/mol. The van der Waals surface area contributed by atoms with Crippen molar-refractivity contribution in [1.29, 1.82) is 0 Å². The highest BCUT2D eigenvalue weighted by molar-refractivity contribution is 9.10. The molecular formula is C14H8BrNO3. The number of halogens is 1. The Labute approximate surface area is 116 Å². The van der Waals surface area contributed by atoms with Crippen LogP contribution in [0.3, 0.4) is 0 Å². The van der Waals surface area contributed by atoms with E-state index < -0.39 is 11.2 Å². The van der Waals surface area contributed by atoms with Gasteiger partial charge in [0.05, 0.1) is 0 Å². The number of aromatic hydroxyl groups is 1. The summed E-state index contributed by atoms with van der Waals surface area (Å²) in [7, 11) is 0. The van der Waals surface area contributed by atoms with Gasteiger partial charge in [-0.3, -0.25) is 4.79 Å². The quantitative estimate of drug-likeness (QED) is 0.747. The smallest absolute Gasteiger partial charge is 0.253 e. The van der Waals surface area contributed by atoms with Crippen molar-refractivity contribution in [3.63, 3.8) is 0 Å². The highest BCUT2D eigenvalue weighted by atomic mass is 79.9. The van der Waals surface area contributed by atoms with E-state index in [0.717, 1.165) is 4.47 Å². The van der Waals surface area contributed by atoms with E-state index >= 15 is 0 Å². The predicted octanol–water partition coefficient (Wildman–Crippen LogP) is 3.32. The van der Waals surface area contributed by atoms with Gasteiger partial charge in [0, 0.05) is 16.2 Å². The predicted molar refractivity (Wildman–Crippen MR) is 75.1 cm³/mol. The minimum atomic E-state index is -0.528. The van der Waals surface area contributed by atoms with Crippen molar-refractivity contribution < 1.29 is 9.52 Å². The Balaban J connectivity index is 2.33. The average Bonchev–Trinajstić information content (AvgIpc) is 2.44. The van der Waals surface area contributed by atoms with Crippen LogP contribution in [0.2, 0.25) is 0 Å². The largest absolute Gasteiger partial charge is 0.501 e. The van der Waals surface area contributed by atoms with Crippen LogP contribution < -0.4 is 5.43 Å². The first-order valence-electron chi connectivity index (χ1n) is 5.53. The lowest BCUT2D eigenvalue weighted by Gasteiger charge is -2.05. The Hall–Kier alpha value is -2.14. The van der Waals surface area contributed by atoms with Gasteiger partial charge in [-0.25, -0.2) is 4.98 Å². The molecule has 1 N–H and O–H groups in total. The molecule has 0 aliphatic carbocycles. The molecule has 3 rings (SSSR count).